The number of urea groups is 1. The Morgan fingerprint density at radius 1 is 1.00 bits per heavy atom. The Labute approximate surface area is 160 Å². The molecule has 1 N–H and O–H groups in total. The van der Waals surface area contributed by atoms with Crippen LogP contribution < -0.4 is 14.8 Å². The Bertz CT molecular complexity index is 759. The Kier molecular flexibility index (Phi) is 6.19. The van der Waals surface area contributed by atoms with Crippen molar-refractivity contribution in [1.29, 1.82) is 0 Å². The minimum atomic E-state index is -0.106. The fraction of sp³-hybridized carbons (Fsp3) is 0.381. The summed E-state index contributed by atoms with van der Waals surface area (Å²) in [5.74, 6) is 1.27. The van der Waals surface area contributed by atoms with Gasteiger partial charge in [0.25, 0.3) is 0 Å². The van der Waals surface area contributed by atoms with Gasteiger partial charge >= 0.3 is 6.03 Å². The quantitative estimate of drug-likeness (QED) is 0.875. The third-order valence-corrected chi connectivity index (χ3v) is 5.08. The lowest BCUT2D eigenvalue weighted by atomic mass is 10.1. The van der Waals surface area contributed by atoms with Crippen LogP contribution >= 0.6 is 0 Å². The predicted octanol–water partition coefficient (Wildman–Crippen LogP) is 3.61. The summed E-state index contributed by atoms with van der Waals surface area (Å²) in [6, 6.07) is 16.1. The van der Waals surface area contributed by atoms with Gasteiger partial charge in [-0.15, -0.1) is 0 Å². The van der Waals surface area contributed by atoms with E-state index < -0.39 is 0 Å². The van der Waals surface area contributed by atoms with Gasteiger partial charge in [0.05, 0.1) is 19.9 Å². The lowest BCUT2D eigenvalue weighted by Gasteiger charge is -2.38. The topological polar surface area (TPSA) is 54.0 Å². The number of rotatable bonds is 5. The minimum Gasteiger partial charge on any atom is -0.497 e. The minimum absolute atomic E-state index is 0.106. The predicted molar refractivity (Wildman–Crippen MR) is 107 cm³/mol. The van der Waals surface area contributed by atoms with Crippen molar-refractivity contribution in [1.82, 2.24) is 9.80 Å². The van der Waals surface area contributed by atoms with Gasteiger partial charge in [0.1, 0.15) is 11.5 Å². The summed E-state index contributed by atoms with van der Waals surface area (Å²) in [5.41, 5.74) is 1.95. The lowest BCUT2D eigenvalue weighted by Crippen LogP contribution is -2.50. The van der Waals surface area contributed by atoms with Crippen LogP contribution in [0.25, 0.3) is 0 Å². The van der Waals surface area contributed by atoms with Crippen molar-refractivity contribution in [3.05, 3.63) is 54.1 Å². The van der Waals surface area contributed by atoms with Gasteiger partial charge in [-0.2, -0.15) is 0 Å². The highest BCUT2D eigenvalue weighted by molar-refractivity contribution is 5.91. The Hall–Kier alpha value is -2.73. The number of hydrogen-bond acceptors (Lipinski definition) is 4. The van der Waals surface area contributed by atoms with Gasteiger partial charge < -0.3 is 19.7 Å². The zero-order valence-electron chi connectivity index (χ0n) is 16.1. The first-order valence-corrected chi connectivity index (χ1v) is 9.19. The van der Waals surface area contributed by atoms with Gasteiger partial charge in [-0.05, 0) is 24.6 Å². The van der Waals surface area contributed by atoms with Crippen LogP contribution in [0.4, 0.5) is 10.5 Å². The molecule has 1 unspecified atom stereocenters. The van der Waals surface area contributed by atoms with Crippen LogP contribution in [0.15, 0.2) is 48.5 Å². The summed E-state index contributed by atoms with van der Waals surface area (Å²) in [5, 5.41) is 2.95. The van der Waals surface area contributed by atoms with Crippen molar-refractivity contribution in [2.75, 3.05) is 45.7 Å². The highest BCUT2D eigenvalue weighted by atomic mass is 16.5. The molecule has 0 radical (unpaired) electrons. The molecule has 27 heavy (non-hydrogen) atoms. The molecule has 3 rings (SSSR count). The van der Waals surface area contributed by atoms with Gasteiger partial charge in [-0.25, -0.2) is 4.79 Å². The summed E-state index contributed by atoms with van der Waals surface area (Å²) in [7, 11) is 3.18. The molecule has 1 atom stereocenters. The number of amides is 2. The first kappa shape index (κ1) is 19.0. The number of nitrogens with one attached hydrogen (secondary N) is 1. The monoisotopic (exact) mass is 369 g/mol. The molecule has 1 aliphatic heterocycles. The molecule has 0 bridgehead atoms. The van der Waals surface area contributed by atoms with Crippen LogP contribution in [0.1, 0.15) is 18.5 Å². The third-order valence-electron chi connectivity index (χ3n) is 5.08. The van der Waals surface area contributed by atoms with E-state index in [1.807, 2.05) is 11.0 Å². The maximum absolute atomic E-state index is 12.6. The van der Waals surface area contributed by atoms with Crippen LogP contribution in [0.2, 0.25) is 0 Å². The molecular weight excluding hydrogens is 342 g/mol. The number of carbonyl (C=O) groups is 1. The summed E-state index contributed by atoms with van der Waals surface area (Å²) < 4.78 is 10.5. The van der Waals surface area contributed by atoms with Crippen molar-refractivity contribution in [2.24, 2.45) is 0 Å². The number of benzene rings is 2. The number of anilines is 1. The van der Waals surface area contributed by atoms with Crippen molar-refractivity contribution in [2.45, 2.75) is 13.0 Å². The second-order valence-corrected chi connectivity index (χ2v) is 6.61. The SMILES string of the molecule is COc1ccc(NC(=O)N2CCN(C(C)c3ccccc3)CC2)c(OC)c1. The van der Waals surface area contributed by atoms with Crippen LogP contribution in [0, 0.1) is 0 Å². The van der Waals surface area contributed by atoms with E-state index in [4.69, 9.17) is 9.47 Å². The van der Waals surface area contributed by atoms with Crippen LogP contribution in [0.3, 0.4) is 0 Å². The van der Waals surface area contributed by atoms with E-state index in [1.165, 1.54) is 5.56 Å². The van der Waals surface area contributed by atoms with Gasteiger partial charge in [0.2, 0.25) is 0 Å². The normalized spacial score (nSPS) is 15.9. The first-order valence-electron chi connectivity index (χ1n) is 9.19. The summed E-state index contributed by atoms with van der Waals surface area (Å²) in [6.45, 7) is 5.31. The smallest absolute Gasteiger partial charge is 0.322 e. The summed E-state index contributed by atoms with van der Waals surface area (Å²) in [6.07, 6.45) is 0. The molecule has 2 aromatic rings. The third kappa shape index (κ3) is 4.52. The van der Waals surface area contributed by atoms with Gasteiger partial charge in [0, 0.05) is 38.3 Å². The number of nitrogens with zero attached hydrogens (tertiary/aromatic N) is 2. The molecule has 6 heteroatoms. The Balaban J connectivity index is 1.57. The Morgan fingerprint density at radius 3 is 2.33 bits per heavy atom. The van der Waals surface area contributed by atoms with Crippen molar-refractivity contribution in [3.8, 4) is 11.5 Å². The molecule has 0 aromatic heterocycles. The van der Waals surface area contributed by atoms with E-state index in [-0.39, 0.29) is 6.03 Å². The standard InChI is InChI=1S/C21H27N3O3/c1-16(17-7-5-4-6-8-17)23-11-13-24(14-12-23)21(25)22-19-10-9-18(26-2)15-20(19)27-3/h4-10,15-16H,11-14H2,1-3H3,(H,22,25). The molecule has 144 valence electrons. The van der Waals surface area contributed by atoms with Crippen LogP contribution in [0.5, 0.6) is 11.5 Å². The fourth-order valence-corrected chi connectivity index (χ4v) is 3.35. The number of piperazine rings is 1. The summed E-state index contributed by atoms with van der Waals surface area (Å²) >= 11 is 0. The molecule has 1 aliphatic rings. The van der Waals surface area contributed by atoms with E-state index in [1.54, 1.807) is 32.4 Å². The molecule has 0 spiro atoms. The second-order valence-electron chi connectivity index (χ2n) is 6.61. The molecule has 2 aromatic carbocycles. The van der Waals surface area contributed by atoms with E-state index in [2.05, 4.69) is 41.4 Å². The first-order chi connectivity index (χ1) is 13.1. The highest BCUT2D eigenvalue weighted by Gasteiger charge is 2.25. The highest BCUT2D eigenvalue weighted by Crippen LogP contribution is 2.29. The van der Waals surface area contributed by atoms with E-state index in [9.17, 15) is 4.79 Å². The van der Waals surface area contributed by atoms with E-state index in [0.717, 1.165) is 13.1 Å². The maximum Gasteiger partial charge on any atom is 0.322 e. The van der Waals surface area contributed by atoms with E-state index in [0.29, 0.717) is 36.3 Å². The second kappa shape index (κ2) is 8.77. The van der Waals surface area contributed by atoms with E-state index >= 15 is 0 Å². The zero-order valence-corrected chi connectivity index (χ0v) is 16.1. The molecule has 6 nitrogen and oxygen atoms in total. The number of hydrogen-bond donors (Lipinski definition) is 1. The largest absolute Gasteiger partial charge is 0.497 e. The van der Waals surface area contributed by atoms with Crippen molar-refractivity contribution >= 4 is 11.7 Å². The molecule has 1 saturated heterocycles. The summed E-state index contributed by atoms with van der Waals surface area (Å²) in [4.78, 5) is 16.9. The molecule has 0 aliphatic carbocycles. The number of carbonyl (C=O) groups excluding carboxylic acids is 1. The Morgan fingerprint density at radius 2 is 1.70 bits per heavy atom. The fourth-order valence-electron chi connectivity index (χ4n) is 3.35. The van der Waals surface area contributed by atoms with Gasteiger partial charge in [-0.3, -0.25) is 4.90 Å². The molecule has 1 fully saturated rings. The molecule has 1 heterocycles. The average Bonchev–Trinajstić information content (AvgIpc) is 2.74. The number of ether oxygens (including phenoxy) is 2. The zero-order chi connectivity index (χ0) is 19.2. The maximum atomic E-state index is 12.6. The number of methoxy groups -OCH3 is 2. The van der Waals surface area contributed by atoms with Gasteiger partial charge in [0.15, 0.2) is 0 Å². The van der Waals surface area contributed by atoms with Crippen molar-refractivity contribution in [3.63, 3.8) is 0 Å². The van der Waals surface area contributed by atoms with Crippen LogP contribution in [-0.4, -0.2) is 56.2 Å². The molecular formula is C21H27N3O3. The molecule has 0 saturated carbocycles. The molecule has 2 amide bonds. The van der Waals surface area contributed by atoms with Crippen molar-refractivity contribution < 1.29 is 14.3 Å². The average molecular weight is 369 g/mol. The lowest BCUT2D eigenvalue weighted by molar-refractivity contribution is 0.119. The van der Waals surface area contributed by atoms with Crippen LogP contribution in [-0.2, 0) is 0 Å². The van der Waals surface area contributed by atoms with Gasteiger partial charge in [-0.1, -0.05) is 30.3 Å².